The summed E-state index contributed by atoms with van der Waals surface area (Å²) >= 11 is 5.91. The van der Waals surface area contributed by atoms with Crippen LogP contribution in [0.2, 0.25) is 5.02 Å². The van der Waals surface area contributed by atoms with Crippen molar-refractivity contribution in [1.82, 2.24) is 5.43 Å². The second kappa shape index (κ2) is 13.6. The Morgan fingerprint density at radius 2 is 1.67 bits per heavy atom. The van der Waals surface area contributed by atoms with E-state index in [1.165, 1.54) is 13.1 Å². The van der Waals surface area contributed by atoms with E-state index in [2.05, 4.69) is 15.8 Å². The van der Waals surface area contributed by atoms with Crippen molar-refractivity contribution in [3.63, 3.8) is 0 Å². The number of rotatable bonds is 12. The standard InChI is InChI=1S/C27H29ClN4O6S/c1-4-37-24-14-10-23(11-15-24)32(39(3,35)36)19(2)27(34)31-29-17-20-8-12-25(13-9-20)38-18-26(33)30-22-7-5-6-21(28)16-22/h5-17,19H,4,18H2,1-3H3,(H,30,33)(H,31,34)/b29-17-/t19-/m0/s1. The molecule has 3 rings (SSSR count). The Kier molecular flexibility index (Phi) is 10.3. The van der Waals surface area contributed by atoms with Crippen LogP contribution in [0.25, 0.3) is 0 Å². The molecule has 0 bridgehead atoms. The predicted molar refractivity (Wildman–Crippen MR) is 152 cm³/mol. The molecule has 2 N–H and O–H groups in total. The lowest BCUT2D eigenvalue weighted by molar-refractivity contribution is -0.121. The van der Waals surface area contributed by atoms with Crippen molar-refractivity contribution in [2.75, 3.05) is 29.1 Å². The normalized spacial score (nSPS) is 12.0. The highest BCUT2D eigenvalue weighted by Gasteiger charge is 2.29. The Labute approximate surface area is 232 Å². The average Bonchev–Trinajstić information content (AvgIpc) is 2.88. The van der Waals surface area contributed by atoms with Crippen LogP contribution in [0, 0.1) is 0 Å². The number of nitrogens with one attached hydrogen (secondary N) is 2. The van der Waals surface area contributed by atoms with Crippen molar-refractivity contribution in [1.29, 1.82) is 0 Å². The molecule has 0 unspecified atom stereocenters. The molecule has 0 heterocycles. The largest absolute Gasteiger partial charge is 0.494 e. The number of carbonyl (C=O) groups is 2. The Bertz CT molecular complexity index is 1410. The summed E-state index contributed by atoms with van der Waals surface area (Å²) in [5, 5.41) is 7.14. The number of amides is 2. The molecule has 0 spiro atoms. The molecule has 1 atom stereocenters. The zero-order chi connectivity index (χ0) is 28.4. The molecule has 0 saturated carbocycles. The van der Waals surface area contributed by atoms with Crippen molar-refractivity contribution in [2.24, 2.45) is 5.10 Å². The first-order valence-corrected chi connectivity index (χ1v) is 14.1. The molecule has 0 radical (unpaired) electrons. The summed E-state index contributed by atoms with van der Waals surface area (Å²) in [6, 6.07) is 18.8. The number of ether oxygens (including phenoxy) is 2. The quantitative estimate of drug-likeness (QED) is 0.249. The van der Waals surface area contributed by atoms with Gasteiger partial charge in [0.05, 0.1) is 24.8 Å². The lowest BCUT2D eigenvalue weighted by Crippen LogP contribution is -2.46. The summed E-state index contributed by atoms with van der Waals surface area (Å²) in [7, 11) is -3.77. The number of carbonyl (C=O) groups excluding carboxylic acids is 2. The van der Waals surface area contributed by atoms with Crippen LogP contribution < -0.4 is 24.5 Å². The summed E-state index contributed by atoms with van der Waals surface area (Å²) < 4.78 is 36.8. The Hall–Kier alpha value is -4.09. The van der Waals surface area contributed by atoms with E-state index in [1.54, 1.807) is 72.8 Å². The van der Waals surface area contributed by atoms with E-state index in [0.717, 1.165) is 10.6 Å². The van der Waals surface area contributed by atoms with Gasteiger partial charge < -0.3 is 14.8 Å². The van der Waals surface area contributed by atoms with Gasteiger partial charge in [-0.25, -0.2) is 13.8 Å². The number of halogens is 1. The Balaban J connectivity index is 1.54. The number of hydrazone groups is 1. The van der Waals surface area contributed by atoms with E-state index >= 15 is 0 Å². The SMILES string of the molecule is CCOc1ccc(N([C@@H](C)C(=O)N/N=C\c2ccc(OCC(=O)Nc3cccc(Cl)c3)cc2)S(C)(=O)=O)cc1. The van der Waals surface area contributed by atoms with Crippen LogP contribution in [-0.4, -0.2) is 52.0 Å². The van der Waals surface area contributed by atoms with E-state index in [-0.39, 0.29) is 12.5 Å². The third-order valence-corrected chi connectivity index (χ3v) is 6.71. The van der Waals surface area contributed by atoms with Crippen LogP contribution in [0.1, 0.15) is 19.4 Å². The molecule has 0 fully saturated rings. The molecule has 0 aliphatic rings. The molecule has 39 heavy (non-hydrogen) atoms. The number of anilines is 2. The van der Waals surface area contributed by atoms with Crippen molar-refractivity contribution in [3.05, 3.63) is 83.4 Å². The zero-order valence-corrected chi connectivity index (χ0v) is 23.2. The highest BCUT2D eigenvalue weighted by atomic mass is 35.5. The molecule has 3 aromatic rings. The minimum atomic E-state index is -3.77. The zero-order valence-electron chi connectivity index (χ0n) is 21.6. The highest BCUT2D eigenvalue weighted by molar-refractivity contribution is 7.92. The minimum Gasteiger partial charge on any atom is -0.494 e. The van der Waals surface area contributed by atoms with Gasteiger partial charge in [0.1, 0.15) is 17.5 Å². The predicted octanol–water partition coefficient (Wildman–Crippen LogP) is 4.06. The maximum atomic E-state index is 12.7. The van der Waals surface area contributed by atoms with Crippen molar-refractivity contribution in [2.45, 2.75) is 19.9 Å². The van der Waals surface area contributed by atoms with Gasteiger partial charge >= 0.3 is 0 Å². The van der Waals surface area contributed by atoms with E-state index < -0.39 is 22.0 Å². The van der Waals surface area contributed by atoms with Crippen LogP contribution in [0.15, 0.2) is 77.9 Å². The van der Waals surface area contributed by atoms with Crippen molar-refractivity contribution < 1.29 is 27.5 Å². The molecule has 3 aromatic carbocycles. The van der Waals surface area contributed by atoms with Crippen LogP contribution in [0.3, 0.4) is 0 Å². The summed E-state index contributed by atoms with van der Waals surface area (Å²) in [4.78, 5) is 24.8. The summed E-state index contributed by atoms with van der Waals surface area (Å²) in [6.07, 6.45) is 2.43. The average molecular weight is 573 g/mol. The van der Waals surface area contributed by atoms with Crippen molar-refractivity contribution >= 4 is 51.0 Å². The van der Waals surface area contributed by atoms with Crippen LogP contribution in [0.4, 0.5) is 11.4 Å². The summed E-state index contributed by atoms with van der Waals surface area (Å²) in [5.41, 5.74) is 3.91. The van der Waals surface area contributed by atoms with Gasteiger partial charge in [-0.2, -0.15) is 5.10 Å². The van der Waals surface area contributed by atoms with Gasteiger partial charge in [-0.15, -0.1) is 0 Å². The second-order valence-corrected chi connectivity index (χ2v) is 10.6. The van der Waals surface area contributed by atoms with Crippen LogP contribution >= 0.6 is 11.6 Å². The number of sulfonamides is 1. The molecule has 0 saturated heterocycles. The fourth-order valence-electron chi connectivity index (χ4n) is 3.49. The smallest absolute Gasteiger partial charge is 0.263 e. The van der Waals surface area contributed by atoms with E-state index in [4.69, 9.17) is 21.1 Å². The van der Waals surface area contributed by atoms with E-state index in [9.17, 15) is 18.0 Å². The van der Waals surface area contributed by atoms with Gasteiger partial charge in [0.15, 0.2) is 6.61 Å². The van der Waals surface area contributed by atoms with Gasteiger partial charge in [-0.3, -0.25) is 13.9 Å². The molecule has 0 aliphatic carbocycles. The number of hydrogen-bond acceptors (Lipinski definition) is 7. The lowest BCUT2D eigenvalue weighted by Gasteiger charge is -2.27. The van der Waals surface area contributed by atoms with Crippen LogP contribution in [0.5, 0.6) is 11.5 Å². The molecular formula is C27H29ClN4O6S. The minimum absolute atomic E-state index is 0.195. The molecule has 10 nitrogen and oxygen atoms in total. The van der Waals surface area contributed by atoms with Crippen LogP contribution in [-0.2, 0) is 19.6 Å². The fraction of sp³-hybridized carbons (Fsp3) is 0.222. The molecular weight excluding hydrogens is 544 g/mol. The molecule has 0 aliphatic heterocycles. The first-order chi connectivity index (χ1) is 18.6. The highest BCUT2D eigenvalue weighted by Crippen LogP contribution is 2.24. The third-order valence-electron chi connectivity index (χ3n) is 5.24. The van der Waals surface area contributed by atoms with Gasteiger partial charge in [0, 0.05) is 10.7 Å². The number of benzene rings is 3. The van der Waals surface area contributed by atoms with Crippen molar-refractivity contribution in [3.8, 4) is 11.5 Å². The Morgan fingerprint density at radius 1 is 1.03 bits per heavy atom. The van der Waals surface area contributed by atoms with Gasteiger partial charge in [-0.1, -0.05) is 17.7 Å². The van der Waals surface area contributed by atoms with E-state index in [1.807, 2.05) is 6.92 Å². The Morgan fingerprint density at radius 3 is 2.28 bits per heavy atom. The number of hydrogen-bond donors (Lipinski definition) is 2. The fourth-order valence-corrected chi connectivity index (χ4v) is 4.86. The topological polar surface area (TPSA) is 126 Å². The van der Waals surface area contributed by atoms with Gasteiger partial charge in [-0.05, 0) is 86.1 Å². The van der Waals surface area contributed by atoms with Gasteiger partial charge in [0.25, 0.3) is 11.8 Å². The van der Waals surface area contributed by atoms with Gasteiger partial charge in [0.2, 0.25) is 10.0 Å². The first-order valence-electron chi connectivity index (χ1n) is 11.9. The monoisotopic (exact) mass is 572 g/mol. The summed E-state index contributed by atoms with van der Waals surface area (Å²) in [6.45, 7) is 3.59. The lowest BCUT2D eigenvalue weighted by atomic mass is 10.2. The maximum absolute atomic E-state index is 12.7. The molecule has 12 heteroatoms. The number of nitrogens with zero attached hydrogens (tertiary/aromatic N) is 2. The van der Waals surface area contributed by atoms with E-state index in [0.29, 0.717) is 40.1 Å². The first kappa shape index (κ1) is 29.5. The summed E-state index contributed by atoms with van der Waals surface area (Å²) in [5.74, 6) is 0.100. The molecule has 0 aromatic heterocycles. The molecule has 206 valence electrons. The molecule has 2 amide bonds. The third kappa shape index (κ3) is 9.01. The maximum Gasteiger partial charge on any atom is 0.263 e. The second-order valence-electron chi connectivity index (χ2n) is 8.31.